The predicted octanol–water partition coefficient (Wildman–Crippen LogP) is 4.43. The molecule has 0 fully saturated rings. The van der Waals surface area contributed by atoms with E-state index in [0.29, 0.717) is 12.2 Å². The summed E-state index contributed by atoms with van der Waals surface area (Å²) >= 11 is 0. The third-order valence-electron chi connectivity index (χ3n) is 5.10. The molecule has 0 aliphatic rings. The fourth-order valence-electron chi connectivity index (χ4n) is 3.33. The fraction of sp³-hybridized carbons (Fsp3) is 0.240. The Hall–Kier alpha value is -3.12. The third-order valence-corrected chi connectivity index (χ3v) is 6.88. The van der Waals surface area contributed by atoms with Gasteiger partial charge in [-0.15, -0.1) is 0 Å². The average molecular weight is 437 g/mol. The molecule has 3 rings (SSSR count). The number of carbonyl (C=O) groups excluding carboxylic acids is 1. The summed E-state index contributed by atoms with van der Waals surface area (Å²) < 4.78 is 28.2. The van der Waals surface area contributed by atoms with Crippen molar-refractivity contribution in [2.75, 3.05) is 10.8 Å². The average Bonchev–Trinajstić information content (AvgIpc) is 2.73. The number of benzene rings is 3. The second kappa shape index (κ2) is 9.35. The Morgan fingerprint density at radius 3 is 2.16 bits per heavy atom. The molecule has 31 heavy (non-hydrogen) atoms. The first kappa shape index (κ1) is 22.6. The number of amides is 1. The number of carbonyl (C=O) groups is 1. The van der Waals surface area contributed by atoms with Gasteiger partial charge in [0.2, 0.25) is 5.91 Å². The Balaban J connectivity index is 1.91. The van der Waals surface area contributed by atoms with Crippen LogP contribution in [0, 0.1) is 27.7 Å². The summed E-state index contributed by atoms with van der Waals surface area (Å²) in [5.41, 5.74) is 5.25. The van der Waals surface area contributed by atoms with Gasteiger partial charge in [0.05, 0.1) is 10.6 Å². The molecule has 5 nitrogen and oxygen atoms in total. The van der Waals surface area contributed by atoms with Crippen LogP contribution in [0.5, 0.6) is 0 Å². The number of nitrogens with one attached hydrogen (secondary N) is 1. The van der Waals surface area contributed by atoms with Crippen LogP contribution in [-0.2, 0) is 21.4 Å². The molecule has 0 aliphatic heterocycles. The fourth-order valence-corrected chi connectivity index (χ4v) is 4.81. The molecule has 1 amide bonds. The Morgan fingerprint density at radius 2 is 1.48 bits per heavy atom. The van der Waals surface area contributed by atoms with Gasteiger partial charge in [-0.3, -0.25) is 9.10 Å². The van der Waals surface area contributed by atoms with Gasteiger partial charge >= 0.3 is 0 Å². The first-order chi connectivity index (χ1) is 14.7. The van der Waals surface area contributed by atoms with E-state index in [9.17, 15) is 13.2 Å². The Kier molecular flexibility index (Phi) is 6.81. The zero-order valence-corrected chi connectivity index (χ0v) is 19.2. The van der Waals surface area contributed by atoms with Crippen molar-refractivity contribution in [2.45, 2.75) is 39.1 Å². The molecule has 162 valence electrons. The number of aryl methyl sites for hydroxylation is 4. The molecule has 6 heteroatoms. The highest BCUT2D eigenvalue weighted by molar-refractivity contribution is 7.92. The van der Waals surface area contributed by atoms with Crippen molar-refractivity contribution < 1.29 is 13.2 Å². The molecule has 0 bridgehead atoms. The summed E-state index contributed by atoms with van der Waals surface area (Å²) in [6.45, 7) is 7.67. The number of anilines is 1. The van der Waals surface area contributed by atoms with Crippen LogP contribution >= 0.6 is 0 Å². The molecule has 0 aromatic heterocycles. The molecule has 0 atom stereocenters. The van der Waals surface area contributed by atoms with Crippen molar-refractivity contribution in [1.29, 1.82) is 0 Å². The van der Waals surface area contributed by atoms with E-state index in [1.807, 2.05) is 64.1 Å². The number of rotatable bonds is 7. The number of hydrogen-bond acceptors (Lipinski definition) is 3. The molecular weight excluding hydrogens is 408 g/mol. The summed E-state index contributed by atoms with van der Waals surface area (Å²) in [5.74, 6) is -0.363. The lowest BCUT2D eigenvalue weighted by Crippen LogP contribution is -2.41. The smallest absolute Gasteiger partial charge is 0.264 e. The van der Waals surface area contributed by atoms with Crippen LogP contribution in [0.3, 0.4) is 0 Å². The van der Waals surface area contributed by atoms with E-state index >= 15 is 0 Å². The topological polar surface area (TPSA) is 66.5 Å². The molecule has 0 saturated heterocycles. The van der Waals surface area contributed by atoms with E-state index in [4.69, 9.17) is 0 Å². The van der Waals surface area contributed by atoms with Gasteiger partial charge in [0.25, 0.3) is 10.0 Å². The maximum atomic E-state index is 13.5. The SMILES string of the molecule is Cc1ccc(S(=O)(=O)N(CC(=O)NCc2cccc(C)c2)c2cc(C)ccc2C)cc1. The lowest BCUT2D eigenvalue weighted by atomic mass is 10.1. The standard InChI is InChI=1S/C25H28N2O3S/c1-18-9-12-23(13-10-18)31(29,30)27(24-15-20(3)8-11-21(24)4)17-25(28)26-16-22-7-5-6-19(2)14-22/h5-15H,16-17H2,1-4H3,(H,26,28). The zero-order chi connectivity index (χ0) is 22.6. The van der Waals surface area contributed by atoms with Crippen molar-refractivity contribution in [1.82, 2.24) is 5.32 Å². The highest BCUT2D eigenvalue weighted by Crippen LogP contribution is 2.28. The highest BCUT2D eigenvalue weighted by Gasteiger charge is 2.28. The first-order valence-corrected chi connectivity index (χ1v) is 11.6. The van der Waals surface area contributed by atoms with Crippen LogP contribution in [0.2, 0.25) is 0 Å². The Bertz CT molecular complexity index is 1190. The van der Waals surface area contributed by atoms with E-state index in [-0.39, 0.29) is 17.3 Å². The minimum Gasteiger partial charge on any atom is -0.350 e. The summed E-state index contributed by atoms with van der Waals surface area (Å²) in [7, 11) is -3.92. The largest absolute Gasteiger partial charge is 0.350 e. The van der Waals surface area contributed by atoms with E-state index in [0.717, 1.165) is 27.8 Å². The van der Waals surface area contributed by atoms with Crippen LogP contribution in [0.4, 0.5) is 5.69 Å². The molecule has 0 spiro atoms. The minimum absolute atomic E-state index is 0.158. The normalized spacial score (nSPS) is 11.2. The molecule has 3 aromatic carbocycles. The van der Waals surface area contributed by atoms with Gasteiger partial charge in [0, 0.05) is 6.54 Å². The van der Waals surface area contributed by atoms with Gasteiger partial charge in [-0.2, -0.15) is 0 Å². The molecule has 0 radical (unpaired) electrons. The van der Waals surface area contributed by atoms with Gasteiger partial charge in [-0.25, -0.2) is 8.42 Å². The van der Waals surface area contributed by atoms with Gasteiger partial charge in [-0.1, -0.05) is 59.7 Å². The number of hydrogen-bond donors (Lipinski definition) is 1. The first-order valence-electron chi connectivity index (χ1n) is 10.2. The third kappa shape index (κ3) is 5.52. The number of nitrogens with zero attached hydrogens (tertiary/aromatic N) is 1. The Morgan fingerprint density at radius 1 is 0.839 bits per heavy atom. The zero-order valence-electron chi connectivity index (χ0n) is 18.3. The quantitative estimate of drug-likeness (QED) is 0.596. The van der Waals surface area contributed by atoms with E-state index in [2.05, 4.69) is 5.32 Å². The summed E-state index contributed by atoms with van der Waals surface area (Å²) in [6, 6.07) is 20.1. The van der Waals surface area contributed by atoms with Gasteiger partial charge in [0.1, 0.15) is 6.54 Å². The molecule has 0 saturated carbocycles. The van der Waals surface area contributed by atoms with Crippen LogP contribution < -0.4 is 9.62 Å². The van der Waals surface area contributed by atoms with Gasteiger partial charge in [0.15, 0.2) is 0 Å². The monoisotopic (exact) mass is 436 g/mol. The second-order valence-electron chi connectivity index (χ2n) is 7.88. The van der Waals surface area contributed by atoms with Gasteiger partial charge in [-0.05, 0) is 62.6 Å². The molecule has 0 heterocycles. The van der Waals surface area contributed by atoms with Crippen LogP contribution in [-0.4, -0.2) is 20.9 Å². The number of sulfonamides is 1. The minimum atomic E-state index is -3.92. The van der Waals surface area contributed by atoms with Crippen LogP contribution in [0.15, 0.2) is 71.6 Å². The molecule has 0 aliphatic carbocycles. The van der Waals surface area contributed by atoms with Crippen molar-refractivity contribution in [3.8, 4) is 0 Å². The van der Waals surface area contributed by atoms with E-state index in [1.165, 1.54) is 4.31 Å². The maximum absolute atomic E-state index is 13.5. The highest BCUT2D eigenvalue weighted by atomic mass is 32.2. The predicted molar refractivity (Wildman–Crippen MR) is 125 cm³/mol. The molecular formula is C25H28N2O3S. The van der Waals surface area contributed by atoms with E-state index < -0.39 is 10.0 Å². The Labute approximate surface area is 184 Å². The van der Waals surface area contributed by atoms with E-state index in [1.54, 1.807) is 30.3 Å². The second-order valence-corrected chi connectivity index (χ2v) is 9.74. The summed E-state index contributed by atoms with van der Waals surface area (Å²) in [4.78, 5) is 13.0. The van der Waals surface area contributed by atoms with Crippen molar-refractivity contribution >= 4 is 21.6 Å². The van der Waals surface area contributed by atoms with Crippen molar-refractivity contribution in [3.05, 3.63) is 94.5 Å². The summed E-state index contributed by atoms with van der Waals surface area (Å²) in [6.07, 6.45) is 0. The van der Waals surface area contributed by atoms with Gasteiger partial charge < -0.3 is 5.32 Å². The maximum Gasteiger partial charge on any atom is 0.264 e. The lowest BCUT2D eigenvalue weighted by molar-refractivity contribution is -0.119. The van der Waals surface area contributed by atoms with Crippen molar-refractivity contribution in [2.24, 2.45) is 0 Å². The lowest BCUT2D eigenvalue weighted by Gasteiger charge is -2.26. The molecule has 0 unspecified atom stereocenters. The van der Waals surface area contributed by atoms with Crippen LogP contribution in [0.1, 0.15) is 27.8 Å². The van der Waals surface area contributed by atoms with Crippen molar-refractivity contribution in [3.63, 3.8) is 0 Å². The molecule has 3 aromatic rings. The summed E-state index contributed by atoms with van der Waals surface area (Å²) in [5, 5.41) is 2.85. The molecule has 1 N–H and O–H groups in total. The van der Waals surface area contributed by atoms with Crippen LogP contribution in [0.25, 0.3) is 0 Å².